The van der Waals surface area contributed by atoms with Gasteiger partial charge in [-0.1, -0.05) is 32.0 Å². The zero-order valence-electron chi connectivity index (χ0n) is 16.0. The Hall–Kier alpha value is -2.89. The summed E-state index contributed by atoms with van der Waals surface area (Å²) in [6, 6.07) is 10.1. The summed E-state index contributed by atoms with van der Waals surface area (Å²) < 4.78 is 19.0. The lowest BCUT2D eigenvalue weighted by Crippen LogP contribution is -2.41. The Morgan fingerprint density at radius 3 is 2.44 bits per heavy atom. The van der Waals surface area contributed by atoms with Gasteiger partial charge < -0.3 is 15.4 Å². The molecule has 2 rings (SSSR count). The van der Waals surface area contributed by atoms with Crippen LogP contribution in [-0.2, 0) is 9.59 Å². The molecule has 0 aliphatic rings. The lowest BCUT2D eigenvalue weighted by Gasteiger charge is -2.26. The van der Waals surface area contributed by atoms with Crippen molar-refractivity contribution in [3.05, 3.63) is 65.0 Å². The van der Waals surface area contributed by atoms with Gasteiger partial charge in [-0.2, -0.15) is 0 Å². The van der Waals surface area contributed by atoms with E-state index in [4.69, 9.17) is 10.5 Å². The van der Waals surface area contributed by atoms with Crippen LogP contribution in [0.1, 0.15) is 42.5 Å². The van der Waals surface area contributed by atoms with Gasteiger partial charge in [0.05, 0.1) is 0 Å². The smallest absolute Gasteiger partial charge is 0.261 e. The van der Waals surface area contributed by atoms with E-state index >= 15 is 0 Å². The molecule has 6 heteroatoms. The first-order chi connectivity index (χ1) is 12.7. The highest BCUT2D eigenvalue weighted by molar-refractivity contribution is 5.88. The zero-order valence-corrected chi connectivity index (χ0v) is 16.0. The fraction of sp³-hybridized carbons (Fsp3) is 0.333. The van der Waals surface area contributed by atoms with Crippen molar-refractivity contribution >= 4 is 11.8 Å². The number of aryl methyl sites for hydroxylation is 1. The van der Waals surface area contributed by atoms with Crippen molar-refractivity contribution in [1.82, 2.24) is 4.90 Å². The Bertz CT molecular complexity index is 836. The Morgan fingerprint density at radius 2 is 1.89 bits per heavy atom. The van der Waals surface area contributed by atoms with E-state index < -0.39 is 23.7 Å². The van der Waals surface area contributed by atoms with Gasteiger partial charge in [0.1, 0.15) is 17.6 Å². The number of nitrogens with two attached hydrogens (primary N) is 1. The average Bonchev–Trinajstić information content (AvgIpc) is 2.59. The van der Waals surface area contributed by atoms with Crippen LogP contribution in [-0.4, -0.2) is 30.4 Å². The van der Waals surface area contributed by atoms with E-state index in [0.29, 0.717) is 17.2 Å². The number of rotatable bonds is 7. The van der Waals surface area contributed by atoms with E-state index in [9.17, 15) is 14.0 Å². The summed E-state index contributed by atoms with van der Waals surface area (Å²) in [5.74, 6) is -0.715. The van der Waals surface area contributed by atoms with Crippen LogP contribution in [0.5, 0.6) is 5.75 Å². The predicted molar refractivity (Wildman–Crippen MR) is 102 cm³/mol. The molecule has 144 valence electrons. The number of halogens is 1. The standard InChI is InChI=1S/C21H25FN2O3/c1-13(2)18-9-8-17(10-14(18)3)27-12-19(25)24(4)20(21(23)26)15-6-5-7-16(22)11-15/h5-11,13,20H,12H2,1-4H3,(H2,23,26). The first-order valence-corrected chi connectivity index (χ1v) is 8.74. The second kappa shape index (κ2) is 8.66. The molecular formula is C21H25FN2O3. The highest BCUT2D eigenvalue weighted by Crippen LogP contribution is 2.24. The first kappa shape index (κ1) is 20.4. The second-order valence-corrected chi connectivity index (χ2v) is 6.83. The number of benzene rings is 2. The maximum absolute atomic E-state index is 13.5. The third-order valence-corrected chi connectivity index (χ3v) is 4.44. The van der Waals surface area contributed by atoms with Crippen LogP contribution in [0, 0.1) is 12.7 Å². The Morgan fingerprint density at radius 1 is 1.19 bits per heavy atom. The number of primary amides is 1. The second-order valence-electron chi connectivity index (χ2n) is 6.83. The van der Waals surface area contributed by atoms with Gasteiger partial charge >= 0.3 is 0 Å². The third-order valence-electron chi connectivity index (χ3n) is 4.44. The number of amides is 2. The number of carbonyl (C=O) groups excluding carboxylic acids is 2. The molecule has 0 saturated heterocycles. The van der Waals surface area contributed by atoms with Crippen molar-refractivity contribution in [2.45, 2.75) is 32.7 Å². The molecular weight excluding hydrogens is 347 g/mol. The van der Waals surface area contributed by atoms with Gasteiger partial charge in [-0.3, -0.25) is 9.59 Å². The van der Waals surface area contributed by atoms with Gasteiger partial charge in [0.2, 0.25) is 5.91 Å². The van der Waals surface area contributed by atoms with Crippen molar-refractivity contribution in [3.63, 3.8) is 0 Å². The summed E-state index contributed by atoms with van der Waals surface area (Å²) in [4.78, 5) is 25.5. The lowest BCUT2D eigenvalue weighted by atomic mass is 9.98. The molecule has 1 unspecified atom stereocenters. The number of ether oxygens (including phenoxy) is 1. The van der Waals surface area contributed by atoms with Gasteiger partial charge in [0, 0.05) is 7.05 Å². The van der Waals surface area contributed by atoms with Crippen molar-refractivity contribution in [2.24, 2.45) is 5.73 Å². The number of hydrogen-bond acceptors (Lipinski definition) is 3. The average molecular weight is 372 g/mol. The molecule has 27 heavy (non-hydrogen) atoms. The maximum Gasteiger partial charge on any atom is 0.261 e. The van der Waals surface area contributed by atoms with Crippen LogP contribution < -0.4 is 10.5 Å². The minimum Gasteiger partial charge on any atom is -0.484 e. The molecule has 0 spiro atoms. The molecule has 2 aromatic carbocycles. The molecule has 0 heterocycles. The first-order valence-electron chi connectivity index (χ1n) is 8.74. The monoisotopic (exact) mass is 372 g/mol. The molecule has 0 saturated carbocycles. The van der Waals surface area contributed by atoms with Gasteiger partial charge in [0.15, 0.2) is 6.61 Å². The van der Waals surface area contributed by atoms with Crippen molar-refractivity contribution in [2.75, 3.05) is 13.7 Å². The molecule has 2 aromatic rings. The normalized spacial score (nSPS) is 11.9. The van der Waals surface area contributed by atoms with Crippen LogP contribution in [0.3, 0.4) is 0 Å². The maximum atomic E-state index is 13.5. The number of likely N-dealkylation sites (N-methyl/N-ethyl adjacent to an activating group) is 1. The highest BCUT2D eigenvalue weighted by atomic mass is 19.1. The van der Waals surface area contributed by atoms with Gasteiger partial charge in [0.25, 0.3) is 5.91 Å². The number of hydrogen-bond donors (Lipinski definition) is 1. The van der Waals surface area contributed by atoms with Crippen LogP contribution >= 0.6 is 0 Å². The quantitative estimate of drug-likeness (QED) is 0.810. The van der Waals surface area contributed by atoms with Gasteiger partial charge in [-0.25, -0.2) is 4.39 Å². The van der Waals surface area contributed by atoms with E-state index in [2.05, 4.69) is 13.8 Å². The molecule has 0 radical (unpaired) electrons. The fourth-order valence-electron chi connectivity index (χ4n) is 3.03. The van der Waals surface area contributed by atoms with Crippen molar-refractivity contribution in [1.29, 1.82) is 0 Å². The molecule has 2 N–H and O–H groups in total. The van der Waals surface area contributed by atoms with E-state index in [-0.39, 0.29) is 6.61 Å². The summed E-state index contributed by atoms with van der Waals surface area (Å²) >= 11 is 0. The van der Waals surface area contributed by atoms with E-state index in [1.54, 1.807) is 6.07 Å². The summed E-state index contributed by atoms with van der Waals surface area (Å²) in [7, 11) is 1.44. The summed E-state index contributed by atoms with van der Waals surface area (Å²) in [6.07, 6.45) is 0. The highest BCUT2D eigenvalue weighted by Gasteiger charge is 2.27. The Labute approximate surface area is 158 Å². The van der Waals surface area contributed by atoms with Crippen LogP contribution in [0.4, 0.5) is 4.39 Å². The Balaban J connectivity index is 2.09. The molecule has 0 bridgehead atoms. The van der Waals surface area contributed by atoms with Crippen LogP contribution in [0.25, 0.3) is 0 Å². The predicted octanol–water partition coefficient (Wildman–Crippen LogP) is 3.32. The zero-order chi connectivity index (χ0) is 20.1. The SMILES string of the molecule is Cc1cc(OCC(=O)N(C)C(C(N)=O)c2cccc(F)c2)ccc1C(C)C. The van der Waals surface area contributed by atoms with Gasteiger partial charge in [-0.05, 0) is 53.8 Å². The van der Waals surface area contributed by atoms with Crippen LogP contribution in [0.15, 0.2) is 42.5 Å². The van der Waals surface area contributed by atoms with Gasteiger partial charge in [-0.15, -0.1) is 0 Å². The number of carbonyl (C=O) groups is 2. The fourth-order valence-corrected chi connectivity index (χ4v) is 3.03. The molecule has 0 aliphatic carbocycles. The van der Waals surface area contributed by atoms with E-state index in [0.717, 1.165) is 5.56 Å². The van der Waals surface area contributed by atoms with Crippen molar-refractivity contribution < 1.29 is 18.7 Å². The minimum absolute atomic E-state index is 0.254. The number of nitrogens with zero attached hydrogens (tertiary/aromatic N) is 1. The molecule has 2 amide bonds. The molecule has 1 atom stereocenters. The topological polar surface area (TPSA) is 72.6 Å². The largest absolute Gasteiger partial charge is 0.484 e. The lowest BCUT2D eigenvalue weighted by molar-refractivity contribution is -0.139. The summed E-state index contributed by atoms with van der Waals surface area (Å²) in [6.45, 7) is 5.95. The molecule has 0 aromatic heterocycles. The third kappa shape index (κ3) is 5.06. The molecule has 5 nitrogen and oxygen atoms in total. The summed E-state index contributed by atoms with van der Waals surface area (Å²) in [5.41, 5.74) is 8.04. The minimum atomic E-state index is -1.07. The summed E-state index contributed by atoms with van der Waals surface area (Å²) in [5, 5.41) is 0. The molecule has 0 aliphatic heterocycles. The Kier molecular flexibility index (Phi) is 6.55. The van der Waals surface area contributed by atoms with E-state index in [1.165, 1.54) is 35.7 Å². The van der Waals surface area contributed by atoms with Crippen molar-refractivity contribution in [3.8, 4) is 5.75 Å². The molecule has 0 fully saturated rings. The van der Waals surface area contributed by atoms with E-state index in [1.807, 2.05) is 25.1 Å². The van der Waals surface area contributed by atoms with Crippen LogP contribution in [0.2, 0.25) is 0 Å².